The number of hydrogen-bond acceptors (Lipinski definition) is 3. The molecular weight excluding hydrogens is 204 g/mol. The average Bonchev–Trinajstić information content (AvgIpc) is 2.82. The summed E-state index contributed by atoms with van der Waals surface area (Å²) in [5.41, 5.74) is 0. The Bertz CT molecular complexity index is 237. The third kappa shape index (κ3) is 2.74. The first kappa shape index (κ1) is 11.9. The van der Waals surface area contributed by atoms with Gasteiger partial charge in [-0.05, 0) is 32.7 Å². The molecule has 0 aliphatic carbocycles. The van der Waals surface area contributed by atoms with E-state index < -0.39 is 0 Å². The number of nitrogens with one attached hydrogen (secondary N) is 1. The van der Waals surface area contributed by atoms with Crippen LogP contribution in [0.3, 0.4) is 0 Å². The third-order valence-corrected chi connectivity index (χ3v) is 3.50. The van der Waals surface area contributed by atoms with Crippen LogP contribution < -0.4 is 5.32 Å². The molecule has 1 amide bonds. The van der Waals surface area contributed by atoms with Crippen molar-refractivity contribution in [2.45, 2.75) is 32.3 Å². The molecule has 2 atom stereocenters. The zero-order valence-corrected chi connectivity index (χ0v) is 10.1. The summed E-state index contributed by atoms with van der Waals surface area (Å²) in [6.07, 6.45) is 3.43. The van der Waals surface area contributed by atoms with Gasteiger partial charge in [0.2, 0.25) is 5.91 Å². The molecule has 2 saturated heterocycles. The van der Waals surface area contributed by atoms with Crippen molar-refractivity contribution in [2.75, 3.05) is 32.8 Å². The second-order valence-electron chi connectivity index (χ2n) is 4.69. The Morgan fingerprint density at radius 2 is 2.38 bits per heavy atom. The van der Waals surface area contributed by atoms with Gasteiger partial charge in [0.15, 0.2) is 0 Å². The number of ether oxygens (including phenoxy) is 1. The minimum Gasteiger partial charge on any atom is -0.377 e. The van der Waals surface area contributed by atoms with Crippen molar-refractivity contribution in [1.82, 2.24) is 10.2 Å². The molecule has 0 aromatic heterocycles. The van der Waals surface area contributed by atoms with Gasteiger partial charge < -0.3 is 15.0 Å². The van der Waals surface area contributed by atoms with Gasteiger partial charge in [-0.2, -0.15) is 0 Å². The van der Waals surface area contributed by atoms with Crippen molar-refractivity contribution >= 4 is 5.91 Å². The number of rotatable bonds is 3. The van der Waals surface area contributed by atoms with Crippen LogP contribution >= 0.6 is 0 Å². The van der Waals surface area contributed by atoms with Gasteiger partial charge in [-0.1, -0.05) is 0 Å². The highest BCUT2D eigenvalue weighted by molar-refractivity contribution is 5.79. The molecule has 2 aliphatic rings. The topological polar surface area (TPSA) is 41.6 Å². The number of hydrogen-bond donors (Lipinski definition) is 1. The van der Waals surface area contributed by atoms with E-state index in [4.69, 9.17) is 4.74 Å². The fraction of sp³-hybridized carbons (Fsp3) is 0.917. The molecule has 16 heavy (non-hydrogen) atoms. The van der Waals surface area contributed by atoms with Crippen LogP contribution in [-0.2, 0) is 9.53 Å². The maximum Gasteiger partial charge on any atom is 0.227 e. The third-order valence-electron chi connectivity index (χ3n) is 3.50. The molecule has 2 aliphatic heterocycles. The first-order valence-corrected chi connectivity index (χ1v) is 6.42. The fourth-order valence-corrected chi connectivity index (χ4v) is 2.63. The van der Waals surface area contributed by atoms with Crippen molar-refractivity contribution in [3.63, 3.8) is 0 Å². The average molecular weight is 226 g/mol. The van der Waals surface area contributed by atoms with Crippen molar-refractivity contribution in [3.8, 4) is 0 Å². The van der Waals surface area contributed by atoms with Gasteiger partial charge >= 0.3 is 0 Å². The van der Waals surface area contributed by atoms with Gasteiger partial charge in [0.25, 0.3) is 0 Å². The minimum absolute atomic E-state index is 0.209. The molecule has 0 saturated carbocycles. The van der Waals surface area contributed by atoms with E-state index in [0.717, 1.165) is 52.0 Å². The molecule has 0 aromatic rings. The first-order valence-electron chi connectivity index (χ1n) is 6.42. The zero-order chi connectivity index (χ0) is 11.4. The Hall–Kier alpha value is -0.610. The number of nitrogens with zero attached hydrogens (tertiary/aromatic N) is 1. The van der Waals surface area contributed by atoms with E-state index in [9.17, 15) is 4.79 Å². The summed E-state index contributed by atoms with van der Waals surface area (Å²) >= 11 is 0. The quantitative estimate of drug-likeness (QED) is 0.767. The zero-order valence-electron chi connectivity index (χ0n) is 10.1. The van der Waals surface area contributed by atoms with Gasteiger partial charge in [0, 0.05) is 26.2 Å². The smallest absolute Gasteiger partial charge is 0.227 e. The molecular formula is C12H22N2O2. The lowest BCUT2D eigenvalue weighted by Crippen LogP contribution is -2.46. The molecule has 0 unspecified atom stereocenters. The van der Waals surface area contributed by atoms with Gasteiger partial charge in [0.1, 0.15) is 0 Å². The number of piperidine rings is 1. The van der Waals surface area contributed by atoms with Crippen LogP contribution in [0.1, 0.15) is 26.2 Å². The van der Waals surface area contributed by atoms with Crippen LogP contribution in [0.25, 0.3) is 0 Å². The maximum absolute atomic E-state index is 12.2. The number of likely N-dealkylation sites (tertiary alicyclic amines) is 1. The molecule has 4 heteroatoms. The van der Waals surface area contributed by atoms with Crippen LogP contribution in [0.5, 0.6) is 0 Å². The Kier molecular flexibility index (Phi) is 4.18. The first-order chi connectivity index (χ1) is 7.81. The van der Waals surface area contributed by atoms with Crippen molar-refractivity contribution in [2.24, 2.45) is 5.92 Å². The van der Waals surface area contributed by atoms with Crippen molar-refractivity contribution in [1.29, 1.82) is 0 Å². The monoisotopic (exact) mass is 226 g/mol. The fourth-order valence-electron chi connectivity index (χ4n) is 2.63. The highest BCUT2D eigenvalue weighted by atomic mass is 16.5. The Balaban J connectivity index is 1.85. The van der Waals surface area contributed by atoms with Crippen molar-refractivity contribution < 1.29 is 9.53 Å². The highest BCUT2D eigenvalue weighted by Crippen LogP contribution is 2.18. The van der Waals surface area contributed by atoms with E-state index in [1.165, 1.54) is 0 Å². The Morgan fingerprint density at radius 3 is 3.06 bits per heavy atom. The lowest BCUT2D eigenvalue weighted by atomic mass is 10.0. The molecule has 4 nitrogen and oxygen atoms in total. The summed E-state index contributed by atoms with van der Waals surface area (Å²) in [6, 6.07) is 0. The van der Waals surface area contributed by atoms with E-state index in [1.54, 1.807) is 0 Å². The van der Waals surface area contributed by atoms with Crippen molar-refractivity contribution in [3.05, 3.63) is 0 Å². The predicted octanol–water partition coefficient (Wildman–Crippen LogP) is 0.623. The Labute approximate surface area is 97.3 Å². The lowest BCUT2D eigenvalue weighted by molar-refractivity contribution is -0.139. The summed E-state index contributed by atoms with van der Waals surface area (Å²) in [5.74, 6) is 0.537. The summed E-state index contributed by atoms with van der Waals surface area (Å²) in [6.45, 7) is 6.31. The summed E-state index contributed by atoms with van der Waals surface area (Å²) in [4.78, 5) is 14.2. The molecule has 92 valence electrons. The normalized spacial score (nSPS) is 30.7. The van der Waals surface area contributed by atoms with Crippen LogP contribution in [0.4, 0.5) is 0 Å². The Morgan fingerprint density at radius 1 is 1.50 bits per heavy atom. The predicted molar refractivity (Wildman–Crippen MR) is 62.2 cm³/mol. The van der Waals surface area contributed by atoms with Gasteiger partial charge in [-0.3, -0.25) is 4.79 Å². The molecule has 0 spiro atoms. The second-order valence-corrected chi connectivity index (χ2v) is 4.69. The van der Waals surface area contributed by atoms with E-state index >= 15 is 0 Å². The summed E-state index contributed by atoms with van der Waals surface area (Å²) < 4.78 is 5.62. The van der Waals surface area contributed by atoms with Gasteiger partial charge in [-0.25, -0.2) is 0 Å². The van der Waals surface area contributed by atoms with Crippen LogP contribution in [0, 0.1) is 5.92 Å². The van der Waals surface area contributed by atoms with E-state index in [2.05, 4.69) is 5.32 Å². The molecule has 0 radical (unpaired) electrons. The molecule has 2 heterocycles. The van der Waals surface area contributed by atoms with Gasteiger partial charge in [-0.15, -0.1) is 0 Å². The highest BCUT2D eigenvalue weighted by Gasteiger charge is 2.30. The number of amides is 1. The maximum atomic E-state index is 12.2. The molecule has 1 N–H and O–H groups in total. The lowest BCUT2D eigenvalue weighted by Gasteiger charge is -2.34. The largest absolute Gasteiger partial charge is 0.377 e. The van der Waals surface area contributed by atoms with Crippen LogP contribution in [-0.4, -0.2) is 49.7 Å². The van der Waals surface area contributed by atoms with E-state index in [-0.39, 0.29) is 12.0 Å². The van der Waals surface area contributed by atoms with E-state index in [1.807, 2.05) is 11.8 Å². The van der Waals surface area contributed by atoms with Gasteiger partial charge in [0.05, 0.1) is 12.0 Å². The minimum atomic E-state index is 0.209. The summed E-state index contributed by atoms with van der Waals surface area (Å²) in [7, 11) is 0. The molecule has 0 aromatic carbocycles. The van der Waals surface area contributed by atoms with E-state index in [0.29, 0.717) is 5.91 Å². The standard InChI is InChI=1S/C12H22N2O2/c1-2-16-11-4-3-7-14(9-11)12(15)10-5-6-13-8-10/h10-11,13H,2-9H2,1H3/t10-,11-/m0/s1. The van der Waals surface area contributed by atoms with Crippen LogP contribution in [0.15, 0.2) is 0 Å². The molecule has 2 fully saturated rings. The second kappa shape index (κ2) is 5.64. The molecule has 0 bridgehead atoms. The van der Waals surface area contributed by atoms with Crippen LogP contribution in [0.2, 0.25) is 0 Å². The number of carbonyl (C=O) groups excluding carboxylic acids is 1. The molecule has 2 rings (SSSR count). The SMILES string of the molecule is CCO[C@H]1CCCN(C(=O)[C@H]2CCNC2)C1. The summed E-state index contributed by atoms with van der Waals surface area (Å²) in [5, 5.41) is 3.25. The number of carbonyl (C=O) groups is 1.